The van der Waals surface area contributed by atoms with Crippen LogP contribution in [0.3, 0.4) is 0 Å². The fourth-order valence-electron chi connectivity index (χ4n) is 6.08. The van der Waals surface area contributed by atoms with Gasteiger partial charge in [0.15, 0.2) is 0 Å². The summed E-state index contributed by atoms with van der Waals surface area (Å²) in [5.41, 5.74) is 6.60. The van der Waals surface area contributed by atoms with Gasteiger partial charge in [-0.05, 0) is 86.7 Å². The number of rotatable bonds is 9. The average molecular weight is 589 g/mol. The number of aryl methyl sites for hydroxylation is 1. The predicted molar refractivity (Wildman–Crippen MR) is 175 cm³/mol. The minimum absolute atomic E-state index is 0.198. The number of fused-ring (bicyclic) bond motifs is 1. The number of pyridine rings is 2. The van der Waals surface area contributed by atoms with Gasteiger partial charge >= 0.3 is 0 Å². The van der Waals surface area contributed by atoms with Gasteiger partial charge in [-0.15, -0.1) is 0 Å². The third kappa shape index (κ3) is 5.91. The summed E-state index contributed by atoms with van der Waals surface area (Å²) in [6.07, 6.45) is 14.8. The lowest BCUT2D eigenvalue weighted by Crippen LogP contribution is -2.38. The number of nitrogens with zero attached hydrogens (tertiary/aromatic N) is 6. The van der Waals surface area contributed by atoms with E-state index in [-0.39, 0.29) is 12.1 Å². The number of hydrogen-bond donors (Lipinski definition) is 4. The fourth-order valence-corrected chi connectivity index (χ4v) is 6.08. The van der Waals surface area contributed by atoms with E-state index in [0.29, 0.717) is 23.3 Å². The zero-order valence-electron chi connectivity index (χ0n) is 24.8. The van der Waals surface area contributed by atoms with Gasteiger partial charge < -0.3 is 25.8 Å². The first-order chi connectivity index (χ1) is 21.6. The van der Waals surface area contributed by atoms with Crippen LogP contribution in [0.5, 0.6) is 0 Å². The lowest BCUT2D eigenvalue weighted by atomic mass is 10.1. The van der Waals surface area contributed by atoms with Crippen LogP contribution in [0.15, 0.2) is 78.3 Å². The van der Waals surface area contributed by atoms with E-state index in [1.807, 2.05) is 42.2 Å². The molecule has 1 aliphatic heterocycles. The van der Waals surface area contributed by atoms with Gasteiger partial charge in [-0.2, -0.15) is 4.98 Å². The molecule has 1 unspecified atom stereocenters. The van der Waals surface area contributed by atoms with Crippen molar-refractivity contribution in [3.63, 3.8) is 0 Å². The number of benzene rings is 1. The minimum atomic E-state index is -0.198. The van der Waals surface area contributed by atoms with E-state index in [9.17, 15) is 4.79 Å². The van der Waals surface area contributed by atoms with Crippen molar-refractivity contribution in [3.05, 3.63) is 95.2 Å². The van der Waals surface area contributed by atoms with E-state index in [1.54, 1.807) is 29.2 Å². The van der Waals surface area contributed by atoms with Crippen LogP contribution in [0.1, 0.15) is 43.5 Å². The van der Waals surface area contributed by atoms with Crippen LogP contribution in [0, 0.1) is 0 Å². The van der Waals surface area contributed by atoms with E-state index in [0.717, 1.165) is 72.6 Å². The molecule has 11 heteroatoms. The molecule has 0 saturated carbocycles. The summed E-state index contributed by atoms with van der Waals surface area (Å²) in [7, 11) is 2.00. The number of aromatic nitrogens is 6. The zero-order valence-corrected chi connectivity index (χ0v) is 24.8. The van der Waals surface area contributed by atoms with Crippen molar-refractivity contribution in [2.24, 2.45) is 7.05 Å². The molecule has 0 radical (unpaired) electrons. The number of piperidine rings is 1. The Labute approximate surface area is 255 Å². The topological polar surface area (TPSA) is 127 Å². The lowest BCUT2D eigenvalue weighted by molar-refractivity contribution is 0.480. The van der Waals surface area contributed by atoms with Gasteiger partial charge in [0.2, 0.25) is 5.95 Å². The Bertz CT molecular complexity index is 1850. The highest BCUT2D eigenvalue weighted by Crippen LogP contribution is 2.30. The van der Waals surface area contributed by atoms with Crippen LogP contribution in [0.25, 0.3) is 16.6 Å². The van der Waals surface area contributed by atoms with E-state index >= 15 is 0 Å². The maximum Gasteiger partial charge on any atom is 0.276 e. The normalized spacial score (nSPS) is 16.6. The Balaban J connectivity index is 1.22. The smallest absolute Gasteiger partial charge is 0.276 e. The van der Waals surface area contributed by atoms with Crippen LogP contribution >= 0.6 is 0 Å². The quantitative estimate of drug-likeness (QED) is 0.184. The van der Waals surface area contributed by atoms with Crippen LogP contribution in [-0.4, -0.2) is 48.2 Å². The highest BCUT2D eigenvalue weighted by molar-refractivity contribution is 5.81. The standard InChI is InChI=1S/C33H36N10O/c1-42-21-37-29(30(42)22-6-2-3-7-22)20-43-31-23(16-28(32(43)44)39-27-9-5-15-35-19-27)17-36-33(41-31)40-25-12-10-24(11-13-25)38-26-8-4-14-34-18-26/h5-6,9-13,15-17,19,21,26,34,38-39H,2-4,7-8,14,18,20H2,1H3,(H,36,40,41). The molecule has 44 heavy (non-hydrogen) atoms. The summed E-state index contributed by atoms with van der Waals surface area (Å²) in [6.45, 7) is 2.34. The summed E-state index contributed by atoms with van der Waals surface area (Å²) >= 11 is 0. The lowest BCUT2D eigenvalue weighted by Gasteiger charge is -2.24. The van der Waals surface area contributed by atoms with E-state index in [1.165, 1.54) is 12.0 Å². The van der Waals surface area contributed by atoms with Crippen LogP contribution in [0.4, 0.5) is 28.7 Å². The van der Waals surface area contributed by atoms with Gasteiger partial charge in [0.1, 0.15) is 11.3 Å². The molecule has 11 nitrogen and oxygen atoms in total. The summed E-state index contributed by atoms with van der Waals surface area (Å²) in [6, 6.07) is 14.1. The molecule has 1 fully saturated rings. The van der Waals surface area contributed by atoms with E-state index < -0.39 is 0 Å². The molecule has 2 aliphatic rings. The largest absolute Gasteiger partial charge is 0.381 e. The molecule has 0 bridgehead atoms. The van der Waals surface area contributed by atoms with Gasteiger partial charge in [0.25, 0.3) is 5.56 Å². The third-order valence-electron chi connectivity index (χ3n) is 8.24. The van der Waals surface area contributed by atoms with Gasteiger partial charge in [0.05, 0.1) is 36.1 Å². The number of allylic oxidation sites excluding steroid dienone is 2. The fraction of sp³-hybridized carbons (Fsp3) is 0.303. The van der Waals surface area contributed by atoms with Crippen LogP contribution < -0.4 is 26.8 Å². The van der Waals surface area contributed by atoms with Crippen molar-refractivity contribution in [2.45, 2.75) is 44.7 Å². The highest BCUT2D eigenvalue weighted by Gasteiger charge is 2.20. The molecule has 0 spiro atoms. The Morgan fingerprint density at radius 3 is 2.68 bits per heavy atom. The zero-order chi connectivity index (χ0) is 29.9. The molecule has 0 amide bonds. The molecule has 1 aliphatic carbocycles. The Morgan fingerprint density at radius 2 is 1.91 bits per heavy atom. The Hall–Kier alpha value is -5.03. The number of anilines is 5. The van der Waals surface area contributed by atoms with Crippen molar-refractivity contribution in [1.82, 2.24) is 34.4 Å². The van der Waals surface area contributed by atoms with Crippen molar-refractivity contribution < 1.29 is 0 Å². The third-order valence-corrected chi connectivity index (χ3v) is 8.24. The van der Waals surface area contributed by atoms with Gasteiger partial charge in [0, 0.05) is 48.8 Å². The first kappa shape index (κ1) is 27.8. The molecule has 4 N–H and O–H groups in total. The van der Waals surface area contributed by atoms with Gasteiger partial charge in [-0.25, -0.2) is 9.97 Å². The van der Waals surface area contributed by atoms with Crippen molar-refractivity contribution in [3.8, 4) is 0 Å². The molecular weight excluding hydrogens is 552 g/mol. The number of hydrogen-bond acceptors (Lipinski definition) is 9. The van der Waals surface area contributed by atoms with Crippen LogP contribution in [0.2, 0.25) is 0 Å². The highest BCUT2D eigenvalue weighted by atomic mass is 16.1. The van der Waals surface area contributed by atoms with Gasteiger partial charge in [-0.1, -0.05) is 6.08 Å². The molecule has 224 valence electrons. The number of imidazole rings is 1. The average Bonchev–Trinajstić information content (AvgIpc) is 3.71. The molecule has 5 heterocycles. The molecular formula is C33H36N10O. The van der Waals surface area contributed by atoms with Crippen LogP contribution in [-0.2, 0) is 13.6 Å². The maximum absolute atomic E-state index is 14.0. The SMILES string of the molecule is Cn1cnc(Cn2c(=O)c(Nc3cccnc3)cc3cnc(Nc4ccc(NC5CCCNC5)cc4)nc32)c1C1=CCCC1. The second-order valence-corrected chi connectivity index (χ2v) is 11.5. The van der Waals surface area contributed by atoms with Crippen molar-refractivity contribution >= 4 is 45.3 Å². The monoisotopic (exact) mass is 588 g/mol. The summed E-state index contributed by atoms with van der Waals surface area (Å²) in [5.74, 6) is 0.413. The summed E-state index contributed by atoms with van der Waals surface area (Å²) < 4.78 is 3.73. The van der Waals surface area contributed by atoms with Crippen molar-refractivity contribution in [1.29, 1.82) is 0 Å². The molecule has 7 rings (SSSR count). The molecule has 5 aromatic rings. The second kappa shape index (κ2) is 12.3. The maximum atomic E-state index is 14.0. The van der Waals surface area contributed by atoms with Crippen molar-refractivity contribution in [2.75, 3.05) is 29.0 Å². The molecule has 1 aromatic carbocycles. The van der Waals surface area contributed by atoms with E-state index in [2.05, 4.69) is 49.4 Å². The summed E-state index contributed by atoms with van der Waals surface area (Å²) in [4.78, 5) is 32.4. The molecule has 4 aromatic heterocycles. The Kier molecular flexibility index (Phi) is 7.76. The minimum Gasteiger partial charge on any atom is -0.381 e. The van der Waals surface area contributed by atoms with E-state index in [4.69, 9.17) is 9.97 Å². The van der Waals surface area contributed by atoms with Gasteiger partial charge in [-0.3, -0.25) is 14.3 Å². The Morgan fingerprint density at radius 1 is 1.02 bits per heavy atom. The second-order valence-electron chi connectivity index (χ2n) is 11.5. The predicted octanol–water partition coefficient (Wildman–Crippen LogP) is 5.19. The molecule has 1 saturated heterocycles. The summed E-state index contributed by atoms with van der Waals surface area (Å²) in [5, 5.41) is 14.3. The first-order valence-corrected chi connectivity index (χ1v) is 15.2. The number of nitrogens with one attached hydrogen (secondary N) is 4. The first-order valence-electron chi connectivity index (χ1n) is 15.2. The molecule has 1 atom stereocenters.